The van der Waals surface area contributed by atoms with Crippen molar-refractivity contribution in [3.05, 3.63) is 40.5 Å². The molecular weight excluding hydrogens is 274 g/mol. The lowest BCUT2D eigenvalue weighted by Crippen LogP contribution is -2.06. The van der Waals surface area contributed by atoms with Crippen LogP contribution in [0.2, 0.25) is 5.02 Å². The first-order valence-electron chi connectivity index (χ1n) is 6.98. The Morgan fingerprint density at radius 2 is 2.25 bits per heavy atom. The van der Waals surface area contributed by atoms with Crippen LogP contribution in [-0.4, -0.2) is 29.5 Å². The molecule has 0 atom stereocenters. The van der Waals surface area contributed by atoms with Crippen molar-refractivity contribution in [2.75, 3.05) is 25.1 Å². The molecule has 0 spiro atoms. The molecule has 1 aromatic heterocycles. The van der Waals surface area contributed by atoms with Gasteiger partial charge in [0, 0.05) is 25.1 Å². The Bertz CT molecular complexity index is 609. The van der Waals surface area contributed by atoms with E-state index < -0.39 is 0 Å². The second-order valence-corrected chi connectivity index (χ2v) is 5.17. The van der Waals surface area contributed by atoms with Crippen molar-refractivity contribution in [2.45, 2.75) is 19.8 Å². The van der Waals surface area contributed by atoms with Gasteiger partial charge in [0.15, 0.2) is 0 Å². The Kier molecular flexibility index (Phi) is 3.94. The summed E-state index contributed by atoms with van der Waals surface area (Å²) in [6, 6.07) is 7.78. The van der Waals surface area contributed by atoms with Crippen LogP contribution in [0.4, 0.5) is 5.82 Å². The summed E-state index contributed by atoms with van der Waals surface area (Å²) in [5.74, 6) is 1.07. The number of aromatic nitrogens is 2. The zero-order valence-corrected chi connectivity index (χ0v) is 12.3. The highest BCUT2D eigenvalue weighted by Crippen LogP contribution is 2.31. The van der Waals surface area contributed by atoms with E-state index in [0.29, 0.717) is 11.6 Å². The molecule has 1 aromatic carbocycles. The van der Waals surface area contributed by atoms with Crippen LogP contribution < -0.4 is 5.32 Å². The van der Waals surface area contributed by atoms with Crippen LogP contribution in [0.1, 0.15) is 18.2 Å². The Morgan fingerprint density at radius 1 is 1.40 bits per heavy atom. The fourth-order valence-electron chi connectivity index (χ4n) is 2.56. The van der Waals surface area contributed by atoms with E-state index in [1.165, 1.54) is 5.56 Å². The number of benzene rings is 1. The number of hydrogen-bond acceptors (Lipinski definition) is 3. The first-order valence-corrected chi connectivity index (χ1v) is 7.36. The van der Waals surface area contributed by atoms with Crippen LogP contribution in [0.5, 0.6) is 0 Å². The van der Waals surface area contributed by atoms with Crippen LogP contribution in [0.3, 0.4) is 0 Å². The molecule has 0 unspecified atom stereocenters. The Balaban J connectivity index is 1.96. The third kappa shape index (κ3) is 2.41. The maximum absolute atomic E-state index is 6.28. The SMILES string of the molecule is CCOCCc1nn(-c2ccccc2Cl)c2c1CCN2. The zero-order valence-electron chi connectivity index (χ0n) is 11.5. The van der Waals surface area contributed by atoms with Gasteiger partial charge in [-0.3, -0.25) is 0 Å². The largest absolute Gasteiger partial charge is 0.381 e. The molecule has 1 N–H and O–H groups in total. The van der Waals surface area contributed by atoms with Gasteiger partial charge < -0.3 is 10.1 Å². The average Bonchev–Trinajstić information content (AvgIpc) is 3.03. The highest BCUT2D eigenvalue weighted by Gasteiger charge is 2.23. The number of nitrogens with zero attached hydrogens (tertiary/aromatic N) is 2. The van der Waals surface area contributed by atoms with Gasteiger partial charge in [-0.05, 0) is 25.5 Å². The molecule has 4 nitrogen and oxygen atoms in total. The van der Waals surface area contributed by atoms with Crippen molar-refractivity contribution in [3.63, 3.8) is 0 Å². The summed E-state index contributed by atoms with van der Waals surface area (Å²) in [4.78, 5) is 0. The first-order chi connectivity index (χ1) is 9.81. The van der Waals surface area contributed by atoms with E-state index in [9.17, 15) is 0 Å². The van der Waals surface area contributed by atoms with Gasteiger partial charge in [-0.15, -0.1) is 0 Å². The molecule has 3 rings (SSSR count). The van der Waals surface area contributed by atoms with E-state index in [-0.39, 0.29) is 0 Å². The monoisotopic (exact) mass is 291 g/mol. The van der Waals surface area contributed by atoms with E-state index in [0.717, 1.165) is 43.2 Å². The van der Waals surface area contributed by atoms with E-state index in [4.69, 9.17) is 21.4 Å². The minimum absolute atomic E-state index is 0.711. The van der Waals surface area contributed by atoms with Crippen LogP contribution in [0.25, 0.3) is 5.69 Å². The summed E-state index contributed by atoms with van der Waals surface area (Å²) >= 11 is 6.28. The van der Waals surface area contributed by atoms with Crippen molar-refractivity contribution in [3.8, 4) is 5.69 Å². The van der Waals surface area contributed by atoms with Crippen LogP contribution in [0.15, 0.2) is 24.3 Å². The summed E-state index contributed by atoms with van der Waals surface area (Å²) in [6.07, 6.45) is 1.86. The number of nitrogens with one attached hydrogen (secondary N) is 1. The maximum Gasteiger partial charge on any atom is 0.133 e. The van der Waals surface area contributed by atoms with Crippen molar-refractivity contribution in [2.24, 2.45) is 0 Å². The van der Waals surface area contributed by atoms with Crippen molar-refractivity contribution >= 4 is 17.4 Å². The lowest BCUT2D eigenvalue weighted by Gasteiger charge is -2.07. The topological polar surface area (TPSA) is 39.1 Å². The van der Waals surface area contributed by atoms with Crippen LogP contribution in [0, 0.1) is 0 Å². The van der Waals surface area contributed by atoms with Crippen LogP contribution in [-0.2, 0) is 17.6 Å². The standard InChI is InChI=1S/C15H18ClN3O/c1-2-20-10-8-13-11-7-9-17-15(11)19(18-13)14-6-4-3-5-12(14)16/h3-6,17H,2,7-10H2,1H3. The summed E-state index contributed by atoms with van der Waals surface area (Å²) in [7, 11) is 0. The molecule has 1 aliphatic heterocycles. The van der Waals surface area contributed by atoms with Gasteiger partial charge in [-0.1, -0.05) is 23.7 Å². The Labute approximate surface area is 123 Å². The molecule has 2 aromatic rings. The lowest BCUT2D eigenvalue weighted by atomic mass is 10.1. The number of fused-ring (bicyclic) bond motifs is 1. The molecule has 0 bridgehead atoms. The average molecular weight is 292 g/mol. The van der Waals surface area contributed by atoms with Gasteiger partial charge in [0.2, 0.25) is 0 Å². The molecule has 106 valence electrons. The molecule has 0 aliphatic carbocycles. The molecule has 2 heterocycles. The Hall–Kier alpha value is -1.52. The summed E-state index contributed by atoms with van der Waals surface area (Å²) in [5.41, 5.74) is 3.32. The second-order valence-electron chi connectivity index (χ2n) is 4.76. The van der Waals surface area contributed by atoms with Crippen molar-refractivity contribution < 1.29 is 4.74 Å². The normalized spacial score (nSPS) is 13.3. The smallest absolute Gasteiger partial charge is 0.133 e. The maximum atomic E-state index is 6.28. The fraction of sp³-hybridized carbons (Fsp3) is 0.400. The number of hydrogen-bond donors (Lipinski definition) is 1. The minimum atomic E-state index is 0.711. The molecule has 0 saturated heterocycles. The lowest BCUT2D eigenvalue weighted by molar-refractivity contribution is 0.150. The van der Waals surface area contributed by atoms with E-state index >= 15 is 0 Å². The van der Waals surface area contributed by atoms with Gasteiger partial charge in [0.25, 0.3) is 0 Å². The predicted octanol–water partition coefficient (Wildman–Crippen LogP) is 3.07. The molecule has 0 amide bonds. The molecule has 0 fully saturated rings. The van der Waals surface area contributed by atoms with Gasteiger partial charge in [0.1, 0.15) is 5.82 Å². The predicted molar refractivity (Wildman–Crippen MR) is 81.0 cm³/mol. The van der Waals surface area contributed by atoms with E-state index in [2.05, 4.69) is 5.32 Å². The molecular formula is C15H18ClN3O. The highest BCUT2D eigenvalue weighted by molar-refractivity contribution is 6.32. The second kappa shape index (κ2) is 5.85. The summed E-state index contributed by atoms with van der Waals surface area (Å²) < 4.78 is 7.36. The molecule has 0 radical (unpaired) electrons. The number of ether oxygens (including phenoxy) is 1. The molecule has 5 heteroatoms. The van der Waals surface area contributed by atoms with Crippen LogP contribution >= 0.6 is 11.6 Å². The zero-order chi connectivity index (χ0) is 13.9. The minimum Gasteiger partial charge on any atom is -0.381 e. The third-order valence-corrected chi connectivity index (χ3v) is 3.82. The molecule has 20 heavy (non-hydrogen) atoms. The van der Waals surface area contributed by atoms with Gasteiger partial charge >= 0.3 is 0 Å². The molecule has 0 saturated carbocycles. The number of rotatable bonds is 5. The van der Waals surface area contributed by atoms with Gasteiger partial charge in [0.05, 0.1) is 23.0 Å². The van der Waals surface area contributed by atoms with Gasteiger partial charge in [-0.25, -0.2) is 4.68 Å². The quantitative estimate of drug-likeness (QED) is 0.861. The van der Waals surface area contributed by atoms with Crippen molar-refractivity contribution in [1.29, 1.82) is 0 Å². The fourth-order valence-corrected chi connectivity index (χ4v) is 2.77. The van der Waals surface area contributed by atoms with Gasteiger partial charge in [-0.2, -0.15) is 5.10 Å². The molecule has 1 aliphatic rings. The third-order valence-electron chi connectivity index (χ3n) is 3.50. The summed E-state index contributed by atoms with van der Waals surface area (Å²) in [5, 5.41) is 8.84. The summed E-state index contributed by atoms with van der Waals surface area (Å²) in [6.45, 7) is 4.42. The number of halogens is 1. The first kappa shape index (κ1) is 13.5. The van der Waals surface area contributed by atoms with Crippen molar-refractivity contribution in [1.82, 2.24) is 9.78 Å². The number of anilines is 1. The van der Waals surface area contributed by atoms with E-state index in [1.807, 2.05) is 35.9 Å². The Morgan fingerprint density at radius 3 is 3.05 bits per heavy atom. The highest BCUT2D eigenvalue weighted by atomic mass is 35.5. The number of para-hydroxylation sites is 1. The van der Waals surface area contributed by atoms with E-state index in [1.54, 1.807) is 0 Å².